The molecule has 0 spiro atoms. The van der Waals surface area contributed by atoms with Crippen molar-refractivity contribution >= 4 is 126 Å². The summed E-state index contributed by atoms with van der Waals surface area (Å²) in [4.78, 5) is 103. The van der Waals surface area contributed by atoms with Crippen LogP contribution in [0.15, 0.2) is 176 Å². The molecule has 0 radical (unpaired) electrons. The normalized spacial score (nSPS) is 12.6. The molecule has 0 fully saturated rings. The summed E-state index contributed by atoms with van der Waals surface area (Å²) in [6, 6.07) is 51.7. The molecule has 10 atom stereocenters. The molecule has 7 aromatic rings. The van der Waals surface area contributed by atoms with E-state index in [0.717, 1.165) is 28.9 Å². The predicted octanol–water partition coefficient (Wildman–Crippen LogP) is 14.7. The maximum Gasteiger partial charge on any atom is 0.331 e. The first kappa shape index (κ1) is 112. The number of carboxylic acid groups (broad SMARTS) is 1. The van der Waals surface area contributed by atoms with Crippen LogP contribution >= 0.6 is 75.7 Å². The van der Waals surface area contributed by atoms with E-state index < -0.39 is 98.3 Å². The minimum absolute atomic E-state index is 0.255. The van der Waals surface area contributed by atoms with E-state index in [1.165, 1.54) is 12.8 Å². The van der Waals surface area contributed by atoms with Crippen molar-refractivity contribution in [1.82, 2.24) is 24.3 Å². The quantitative estimate of drug-likeness (QED) is 0.00479. The number of benzene rings is 7. The van der Waals surface area contributed by atoms with Gasteiger partial charge in [0.25, 0.3) is 0 Å². The maximum atomic E-state index is 11.4. The SMILES string of the molecule is CCC.CCC(C)=O.CCl.CNS.COc1ccc([C@@H](O)[C@@H](C)C(=O)ONS)cc1.COc1ccc([C@@H](O)[C@H](C)C(=O)ONS)cc1.COc1ccc([C@H](O)[C@@H](C)C(=O)ONS)cc1.COc1ccc([C@H](O)[C@H](C)C(=O)ONS)cc1.COc1ccc([C@H](O[Si](C)(C)C)[C@H](C)C(=O)O)cc1.O=Cc1ccc(OCc2ccccc2)cc1. The van der Waals surface area contributed by atoms with Gasteiger partial charge in [0.05, 0.1) is 95.7 Å². The van der Waals surface area contributed by atoms with Crippen molar-refractivity contribution < 1.29 is 111 Å². The van der Waals surface area contributed by atoms with E-state index in [0.29, 0.717) is 63.8 Å². The lowest BCUT2D eigenvalue weighted by Crippen LogP contribution is -2.33. The Labute approximate surface area is 716 Å². The predicted molar refractivity (Wildman–Crippen MR) is 468 cm³/mol. The number of ether oxygens (including phenoxy) is 6. The minimum Gasteiger partial charge on any atom is -0.497 e. The molecule has 7 rings (SSSR count). The molecule has 0 bridgehead atoms. The molecule has 0 heterocycles. The second kappa shape index (κ2) is 66.9. The van der Waals surface area contributed by atoms with Gasteiger partial charge >= 0.3 is 29.8 Å². The molecule has 0 aliphatic carbocycles. The van der Waals surface area contributed by atoms with Gasteiger partial charge < -0.3 is 82.5 Å². The highest BCUT2D eigenvalue weighted by Crippen LogP contribution is 2.33. The highest BCUT2D eigenvalue weighted by molar-refractivity contribution is 7.78. The molecule has 116 heavy (non-hydrogen) atoms. The van der Waals surface area contributed by atoms with E-state index in [4.69, 9.17) is 32.8 Å². The highest BCUT2D eigenvalue weighted by Gasteiger charge is 2.32. The Morgan fingerprint density at radius 3 is 0.853 bits per heavy atom. The molecule has 0 unspecified atom stereocenters. The monoisotopic (exact) mass is 1750 g/mol. The maximum absolute atomic E-state index is 11.4. The first-order valence-corrected chi connectivity index (χ1v) is 42.1. The number of Topliss-reactive ketones (excluding diaryl/α,β-unsaturated/α-hetero) is 1. The second-order valence-electron chi connectivity index (χ2n) is 25.1. The van der Waals surface area contributed by atoms with Crippen molar-refractivity contribution in [2.45, 2.75) is 132 Å². The number of aliphatic hydroxyl groups is 4. The fourth-order valence-corrected chi connectivity index (χ4v) is 10.0. The summed E-state index contributed by atoms with van der Waals surface area (Å²) in [5.41, 5.74) is 5.14. The fourth-order valence-electron chi connectivity index (χ4n) is 8.57. The summed E-state index contributed by atoms with van der Waals surface area (Å²) in [7, 11) is 7.75. The molecular weight excluding hydrogens is 1630 g/mol. The van der Waals surface area contributed by atoms with E-state index in [2.05, 4.69) is 133 Å². The average Bonchev–Trinajstić information content (AvgIpc) is 0.761. The zero-order valence-electron chi connectivity index (χ0n) is 68.9. The van der Waals surface area contributed by atoms with Gasteiger partial charge in [-0.15, -0.1) is 11.6 Å². The number of carboxylic acids is 1. The lowest BCUT2D eigenvalue weighted by Gasteiger charge is -2.29. The number of thiol groups is 5. The van der Waals surface area contributed by atoms with Crippen LogP contribution in [0.4, 0.5) is 0 Å². The lowest BCUT2D eigenvalue weighted by molar-refractivity contribution is -0.155. The number of aliphatic hydroxyl groups excluding tert-OH is 4. The topological polar surface area (TPSA) is 382 Å². The third-order valence-electron chi connectivity index (χ3n) is 15.3. The van der Waals surface area contributed by atoms with Crippen LogP contribution in [0, 0.1) is 29.6 Å². The summed E-state index contributed by atoms with van der Waals surface area (Å²) in [6.07, 6.45) is 0.0477. The Morgan fingerprint density at radius 2 is 0.655 bits per heavy atom. The summed E-state index contributed by atoms with van der Waals surface area (Å²) >= 11 is 22.4. The standard InChI is InChI=1S/C14H22O4Si.C14H12O2.4C11H15NO4S.C4H8O.C3H8.CH3Cl.CH5NS/c1-10(14(15)16)13(18-19(3,4)5)11-6-8-12(17-2)9-7-11;15-10-12-6-8-14(9-7-12)16-11-13-4-2-1-3-5-13;4*1-7(11(14)16-12-17)10(13)8-3-5-9(15-2)6-4-8;1-3-4(2)5;1-3-2;1-2;1-2-3/h6-10,13H,1-5H3,(H,15,16);1-10H,11H2;4*3-7,10,12-13,17H,1-2H3;3H2,1-2H3;3H2,1-2H3;1H3;2-3H,1H3/t10-,13+;;2*7-,10+;2*7-,10-;;;;/m0.1010..../s1. The zero-order chi connectivity index (χ0) is 88.9. The summed E-state index contributed by atoms with van der Waals surface area (Å²) in [6.45, 7) is 22.4. The van der Waals surface area contributed by atoms with Crippen LogP contribution in [0.3, 0.4) is 0 Å². The van der Waals surface area contributed by atoms with Crippen LogP contribution in [-0.2, 0) is 59.2 Å². The number of carbonyl (C=O) groups is 7. The molecule has 0 aromatic heterocycles. The highest BCUT2D eigenvalue weighted by atomic mass is 35.5. The molecule has 7 aromatic carbocycles. The fraction of sp³-hybridized carbons (Fsp3) is 0.395. The molecule has 0 saturated heterocycles. The number of ketones is 1. The van der Waals surface area contributed by atoms with Gasteiger partial charge in [-0.2, -0.15) is 0 Å². The molecule has 0 aliphatic rings. The number of aldehydes is 1. The molecule has 10 N–H and O–H groups in total. The number of hydrogen-bond donors (Lipinski definition) is 15. The molecule has 35 heteroatoms. The first-order valence-electron chi connectivity index (χ1n) is 35.7. The Hall–Kier alpha value is -8.11. The van der Waals surface area contributed by atoms with Crippen molar-refractivity contribution in [3.63, 3.8) is 0 Å². The van der Waals surface area contributed by atoms with Crippen molar-refractivity contribution in [2.75, 3.05) is 49.0 Å². The second-order valence-corrected chi connectivity index (χ2v) is 30.7. The van der Waals surface area contributed by atoms with Gasteiger partial charge in [-0.3, -0.25) is 14.3 Å². The molecule has 0 amide bonds. The zero-order valence-corrected chi connectivity index (χ0v) is 75.1. The number of nitrogens with one attached hydrogen (secondary N) is 5. The van der Waals surface area contributed by atoms with Crippen LogP contribution < -0.4 is 52.7 Å². The van der Waals surface area contributed by atoms with Gasteiger partial charge in [-0.25, -0.2) is 19.2 Å². The molecule has 28 nitrogen and oxygen atoms in total. The van der Waals surface area contributed by atoms with Crippen LogP contribution in [-0.4, -0.2) is 125 Å². The van der Waals surface area contributed by atoms with E-state index in [-0.39, 0.29) is 5.78 Å². The summed E-state index contributed by atoms with van der Waals surface area (Å²) in [5.74, 6) is -1.99. The number of methoxy groups -OCH3 is 5. The summed E-state index contributed by atoms with van der Waals surface area (Å²) < 4.78 is 39.2. The Kier molecular flexibility index (Phi) is 64.6. The Balaban J connectivity index is -0.00000128. The van der Waals surface area contributed by atoms with Gasteiger partial charge in [0.2, 0.25) is 0 Å². The molecule has 0 saturated carbocycles. The molecular formula is C81H118ClN5O23S5Si. The lowest BCUT2D eigenvalue weighted by atomic mass is 9.97. The number of rotatable bonds is 31. The summed E-state index contributed by atoms with van der Waals surface area (Å²) in [5, 5.41) is 49.0. The average molecular weight is 1750 g/mol. The van der Waals surface area contributed by atoms with E-state index in [1.54, 1.807) is 205 Å². The van der Waals surface area contributed by atoms with Gasteiger partial charge in [0, 0.05) is 18.4 Å². The number of aliphatic carboxylic acids is 1. The third kappa shape index (κ3) is 47.9. The van der Waals surface area contributed by atoms with Crippen LogP contribution in [0.5, 0.6) is 34.5 Å². The Morgan fingerprint density at radius 1 is 0.422 bits per heavy atom. The smallest absolute Gasteiger partial charge is 0.331 e. The van der Waals surface area contributed by atoms with Crippen LogP contribution in [0.1, 0.15) is 149 Å². The minimum atomic E-state index is -1.83. The third-order valence-corrected chi connectivity index (χ3v) is 16.7. The van der Waals surface area contributed by atoms with E-state index in [1.807, 2.05) is 81.1 Å². The van der Waals surface area contributed by atoms with E-state index in [9.17, 15) is 59.1 Å². The van der Waals surface area contributed by atoms with Gasteiger partial charge in [-0.05, 0) is 187 Å². The molecule has 0 aliphatic heterocycles. The Bertz CT molecular complexity index is 3450. The van der Waals surface area contributed by atoms with Gasteiger partial charge in [0.1, 0.15) is 53.2 Å². The first-order chi connectivity index (χ1) is 55.1. The largest absolute Gasteiger partial charge is 0.497 e. The number of halogens is 1. The van der Waals surface area contributed by atoms with Crippen molar-refractivity contribution in [1.29, 1.82) is 0 Å². The van der Waals surface area contributed by atoms with Crippen molar-refractivity contribution in [2.24, 2.45) is 29.6 Å². The van der Waals surface area contributed by atoms with Gasteiger partial charge in [0.15, 0.2) is 8.32 Å². The molecule has 646 valence electrons. The van der Waals surface area contributed by atoms with Crippen molar-refractivity contribution in [3.8, 4) is 34.5 Å². The number of alkyl halides is 1. The van der Waals surface area contributed by atoms with E-state index >= 15 is 0 Å². The van der Waals surface area contributed by atoms with Crippen LogP contribution in [0.25, 0.3) is 0 Å². The van der Waals surface area contributed by atoms with Crippen molar-refractivity contribution in [3.05, 3.63) is 215 Å². The van der Waals surface area contributed by atoms with Gasteiger partial charge in [-0.1, -0.05) is 202 Å². The van der Waals surface area contributed by atoms with Crippen LogP contribution in [0.2, 0.25) is 19.6 Å². The number of hydrogen-bond acceptors (Lipinski definition) is 32. The number of carbonyl (C=O) groups excluding carboxylic acids is 6.